The fourth-order valence-electron chi connectivity index (χ4n) is 2.64. The molecule has 1 aromatic carbocycles. The second-order valence-corrected chi connectivity index (χ2v) is 4.92. The quantitative estimate of drug-likeness (QED) is 0.872. The van der Waals surface area contributed by atoms with E-state index in [2.05, 4.69) is 18.7 Å². The Labute approximate surface area is 102 Å². The number of hydrogen-bond donors (Lipinski definition) is 1. The number of carbonyl (C=O) groups is 1. The monoisotopic (exact) mass is 233 g/mol. The molecule has 1 unspecified atom stereocenters. The van der Waals surface area contributed by atoms with Crippen molar-refractivity contribution < 1.29 is 9.90 Å². The summed E-state index contributed by atoms with van der Waals surface area (Å²) in [5, 5.41) is 9.01. The third-order valence-electron chi connectivity index (χ3n) is 3.48. The summed E-state index contributed by atoms with van der Waals surface area (Å²) < 4.78 is 0. The predicted molar refractivity (Wildman–Crippen MR) is 67.2 cm³/mol. The van der Waals surface area contributed by atoms with Gasteiger partial charge in [0.05, 0.1) is 5.56 Å². The standard InChI is InChI=1S/C14H19NO2/c1-10(2)15-8-4-7-13(15)11-5-3-6-12(9-11)14(16)17/h3,5-6,9-10,13H,4,7-8H2,1-2H3,(H,16,17). The minimum atomic E-state index is -0.846. The average molecular weight is 233 g/mol. The zero-order chi connectivity index (χ0) is 12.4. The fourth-order valence-corrected chi connectivity index (χ4v) is 2.64. The highest BCUT2D eigenvalue weighted by Crippen LogP contribution is 2.33. The van der Waals surface area contributed by atoms with Crippen molar-refractivity contribution in [3.05, 3.63) is 35.4 Å². The van der Waals surface area contributed by atoms with Crippen LogP contribution in [0.1, 0.15) is 48.7 Å². The third kappa shape index (κ3) is 2.50. The molecule has 1 heterocycles. The van der Waals surface area contributed by atoms with Gasteiger partial charge in [-0.15, -0.1) is 0 Å². The van der Waals surface area contributed by atoms with Gasteiger partial charge in [-0.2, -0.15) is 0 Å². The number of carboxylic acids is 1. The maximum Gasteiger partial charge on any atom is 0.335 e. The van der Waals surface area contributed by atoms with Crippen molar-refractivity contribution in [3.63, 3.8) is 0 Å². The van der Waals surface area contributed by atoms with Gasteiger partial charge in [-0.05, 0) is 50.9 Å². The number of aromatic carboxylic acids is 1. The Bertz CT molecular complexity index is 414. The number of nitrogens with zero attached hydrogens (tertiary/aromatic N) is 1. The van der Waals surface area contributed by atoms with Gasteiger partial charge in [0, 0.05) is 12.1 Å². The van der Waals surface area contributed by atoms with Crippen LogP contribution in [0.15, 0.2) is 24.3 Å². The first-order chi connectivity index (χ1) is 8.09. The molecule has 1 N–H and O–H groups in total. The molecule has 0 aliphatic carbocycles. The first-order valence-electron chi connectivity index (χ1n) is 6.18. The average Bonchev–Trinajstić information content (AvgIpc) is 2.78. The molecule has 1 saturated heterocycles. The number of benzene rings is 1. The molecule has 1 aliphatic rings. The number of hydrogen-bond acceptors (Lipinski definition) is 2. The Balaban J connectivity index is 2.27. The van der Waals surface area contributed by atoms with Crippen molar-refractivity contribution in [2.45, 2.75) is 38.8 Å². The van der Waals surface area contributed by atoms with Gasteiger partial charge in [-0.3, -0.25) is 4.90 Å². The fraction of sp³-hybridized carbons (Fsp3) is 0.500. The Morgan fingerprint density at radius 3 is 2.88 bits per heavy atom. The molecule has 1 aliphatic heterocycles. The molecule has 3 heteroatoms. The minimum absolute atomic E-state index is 0.384. The summed E-state index contributed by atoms with van der Waals surface area (Å²) in [7, 11) is 0. The van der Waals surface area contributed by atoms with Gasteiger partial charge in [-0.1, -0.05) is 12.1 Å². The number of rotatable bonds is 3. The molecule has 0 saturated carbocycles. The molecule has 0 aromatic heterocycles. The van der Waals surface area contributed by atoms with Crippen LogP contribution >= 0.6 is 0 Å². The lowest BCUT2D eigenvalue weighted by molar-refractivity contribution is 0.0696. The van der Waals surface area contributed by atoms with Crippen molar-refractivity contribution >= 4 is 5.97 Å². The molecule has 1 fully saturated rings. The van der Waals surface area contributed by atoms with E-state index in [9.17, 15) is 4.79 Å². The van der Waals surface area contributed by atoms with Crippen molar-refractivity contribution in [1.29, 1.82) is 0 Å². The summed E-state index contributed by atoms with van der Waals surface area (Å²) in [5.74, 6) is -0.846. The number of carboxylic acid groups (broad SMARTS) is 1. The van der Waals surface area contributed by atoms with E-state index in [0.717, 1.165) is 18.5 Å². The lowest BCUT2D eigenvalue weighted by Gasteiger charge is -2.28. The number of likely N-dealkylation sites (tertiary alicyclic amines) is 1. The van der Waals surface area contributed by atoms with E-state index < -0.39 is 5.97 Å². The van der Waals surface area contributed by atoms with E-state index >= 15 is 0 Å². The maximum absolute atomic E-state index is 11.0. The van der Waals surface area contributed by atoms with Crippen LogP contribution < -0.4 is 0 Å². The SMILES string of the molecule is CC(C)N1CCCC1c1cccc(C(=O)O)c1. The second kappa shape index (κ2) is 4.88. The zero-order valence-corrected chi connectivity index (χ0v) is 10.4. The molecule has 3 nitrogen and oxygen atoms in total. The van der Waals surface area contributed by atoms with Crippen LogP contribution in [0.2, 0.25) is 0 Å². The minimum Gasteiger partial charge on any atom is -0.478 e. The van der Waals surface area contributed by atoms with Crippen LogP contribution in [-0.4, -0.2) is 28.6 Å². The topological polar surface area (TPSA) is 40.5 Å². The summed E-state index contributed by atoms with van der Waals surface area (Å²) in [5.41, 5.74) is 1.52. The Hall–Kier alpha value is -1.35. The summed E-state index contributed by atoms with van der Waals surface area (Å²) in [6.07, 6.45) is 2.32. The molecule has 1 aromatic rings. The van der Waals surface area contributed by atoms with Crippen LogP contribution in [0.3, 0.4) is 0 Å². The predicted octanol–water partition coefficient (Wildman–Crippen LogP) is 2.93. The van der Waals surface area contributed by atoms with E-state index in [1.54, 1.807) is 6.07 Å². The lowest BCUT2D eigenvalue weighted by atomic mass is 10.0. The van der Waals surface area contributed by atoms with Gasteiger partial charge in [0.25, 0.3) is 0 Å². The smallest absolute Gasteiger partial charge is 0.335 e. The molecule has 0 radical (unpaired) electrons. The van der Waals surface area contributed by atoms with Gasteiger partial charge in [0.2, 0.25) is 0 Å². The molecular formula is C14H19NO2. The first-order valence-corrected chi connectivity index (χ1v) is 6.18. The zero-order valence-electron chi connectivity index (χ0n) is 10.4. The van der Waals surface area contributed by atoms with E-state index in [4.69, 9.17) is 5.11 Å². The van der Waals surface area contributed by atoms with Gasteiger partial charge in [0.15, 0.2) is 0 Å². The van der Waals surface area contributed by atoms with Gasteiger partial charge in [0.1, 0.15) is 0 Å². The van der Waals surface area contributed by atoms with Gasteiger partial charge in [-0.25, -0.2) is 4.79 Å². The van der Waals surface area contributed by atoms with E-state index in [1.807, 2.05) is 18.2 Å². The van der Waals surface area contributed by atoms with Crippen molar-refractivity contribution in [2.24, 2.45) is 0 Å². The lowest BCUT2D eigenvalue weighted by Crippen LogP contribution is -2.30. The Morgan fingerprint density at radius 2 is 2.24 bits per heavy atom. The molecule has 92 valence electrons. The first kappa shape index (κ1) is 12.1. The van der Waals surface area contributed by atoms with Crippen LogP contribution in [-0.2, 0) is 0 Å². The highest BCUT2D eigenvalue weighted by Gasteiger charge is 2.27. The highest BCUT2D eigenvalue weighted by atomic mass is 16.4. The summed E-state index contributed by atoms with van der Waals surface area (Å²) in [4.78, 5) is 13.4. The molecule has 0 bridgehead atoms. The largest absolute Gasteiger partial charge is 0.478 e. The molecule has 2 rings (SSSR count). The van der Waals surface area contributed by atoms with Crippen molar-refractivity contribution in [2.75, 3.05) is 6.54 Å². The van der Waals surface area contributed by atoms with Gasteiger partial charge >= 0.3 is 5.97 Å². The summed E-state index contributed by atoms with van der Waals surface area (Å²) >= 11 is 0. The summed E-state index contributed by atoms with van der Waals surface area (Å²) in [6.45, 7) is 5.50. The van der Waals surface area contributed by atoms with E-state index in [0.29, 0.717) is 17.6 Å². The molecule has 0 spiro atoms. The van der Waals surface area contributed by atoms with Crippen LogP contribution in [0, 0.1) is 0 Å². The normalized spacial score (nSPS) is 21.0. The Morgan fingerprint density at radius 1 is 1.47 bits per heavy atom. The molecule has 0 amide bonds. The van der Waals surface area contributed by atoms with Gasteiger partial charge < -0.3 is 5.11 Å². The van der Waals surface area contributed by atoms with Crippen molar-refractivity contribution in [1.82, 2.24) is 4.90 Å². The van der Waals surface area contributed by atoms with E-state index in [-0.39, 0.29) is 0 Å². The highest BCUT2D eigenvalue weighted by molar-refractivity contribution is 5.87. The Kier molecular flexibility index (Phi) is 3.48. The van der Waals surface area contributed by atoms with E-state index in [1.165, 1.54) is 6.42 Å². The third-order valence-corrected chi connectivity index (χ3v) is 3.48. The maximum atomic E-state index is 11.0. The second-order valence-electron chi connectivity index (χ2n) is 4.92. The molecule has 17 heavy (non-hydrogen) atoms. The van der Waals surface area contributed by atoms with Crippen LogP contribution in [0.25, 0.3) is 0 Å². The van der Waals surface area contributed by atoms with Crippen LogP contribution in [0.5, 0.6) is 0 Å². The van der Waals surface area contributed by atoms with Crippen molar-refractivity contribution in [3.8, 4) is 0 Å². The summed E-state index contributed by atoms with van der Waals surface area (Å²) in [6, 6.07) is 8.24. The molecule has 1 atom stereocenters. The van der Waals surface area contributed by atoms with Crippen LogP contribution in [0.4, 0.5) is 0 Å². The molecular weight excluding hydrogens is 214 g/mol.